The minimum atomic E-state index is -0.588. The molecule has 0 aromatic carbocycles. The highest BCUT2D eigenvalue weighted by atomic mass is 32.2. The summed E-state index contributed by atoms with van der Waals surface area (Å²) in [6, 6.07) is 0. The van der Waals surface area contributed by atoms with E-state index >= 15 is 0 Å². The molecule has 0 saturated carbocycles. The number of aliphatic hydroxyl groups is 2. The van der Waals surface area contributed by atoms with E-state index in [1.807, 2.05) is 13.8 Å². The minimum absolute atomic E-state index is 0.0414. The van der Waals surface area contributed by atoms with Gasteiger partial charge in [-0.1, -0.05) is 13.8 Å². The fourth-order valence-corrected chi connectivity index (χ4v) is 3.58. The highest BCUT2D eigenvalue weighted by Gasteiger charge is 2.15. The Morgan fingerprint density at radius 1 is 0.731 bits per heavy atom. The molecule has 0 saturated heterocycles. The molecule has 1 heterocycles. The molecule has 1 rings (SSSR count). The monoisotopic (exact) mass is 407 g/mol. The Labute approximate surface area is 161 Å². The highest BCUT2D eigenvalue weighted by Crippen LogP contribution is 2.01. The van der Waals surface area contributed by atoms with Gasteiger partial charge in [0.1, 0.15) is 0 Å². The lowest BCUT2D eigenvalue weighted by Crippen LogP contribution is -2.55. The first-order valence-electron chi connectivity index (χ1n) is 8.75. The third kappa shape index (κ3) is 6.98. The summed E-state index contributed by atoms with van der Waals surface area (Å²) < 4.78 is 3.38. The molecule has 10 heteroatoms. The van der Waals surface area contributed by atoms with Crippen LogP contribution in [-0.2, 0) is 19.6 Å². The molecular weight excluding hydrogens is 378 g/mol. The largest absolute Gasteiger partial charge is 0.396 e. The van der Waals surface area contributed by atoms with Crippen molar-refractivity contribution >= 4 is 23.5 Å². The van der Waals surface area contributed by atoms with Gasteiger partial charge in [-0.05, 0) is 12.3 Å². The summed E-state index contributed by atoms with van der Waals surface area (Å²) in [7, 11) is 0. The minimum Gasteiger partial charge on any atom is -0.396 e. The number of aliphatic hydroxyl groups excluding tert-OH is 2. The summed E-state index contributed by atoms with van der Waals surface area (Å²) in [6.45, 7) is 4.79. The fraction of sp³-hybridized carbons (Fsp3) is 0.812. The molecule has 0 aliphatic rings. The van der Waals surface area contributed by atoms with Gasteiger partial charge >= 0.3 is 17.1 Å². The molecule has 0 aliphatic carbocycles. The van der Waals surface area contributed by atoms with Crippen molar-refractivity contribution in [1.82, 2.24) is 13.7 Å². The van der Waals surface area contributed by atoms with Crippen molar-refractivity contribution < 1.29 is 10.2 Å². The first-order chi connectivity index (χ1) is 12.4. The van der Waals surface area contributed by atoms with Crippen LogP contribution in [0.5, 0.6) is 0 Å². The predicted octanol–water partition coefficient (Wildman–Crippen LogP) is -0.331. The van der Waals surface area contributed by atoms with Gasteiger partial charge in [-0.3, -0.25) is 0 Å². The second-order valence-electron chi connectivity index (χ2n) is 6.16. The van der Waals surface area contributed by atoms with Crippen LogP contribution in [0.3, 0.4) is 0 Å². The number of aromatic nitrogens is 3. The lowest BCUT2D eigenvalue weighted by atomic mass is 10.1. The zero-order valence-corrected chi connectivity index (χ0v) is 17.1. The number of rotatable bonds is 13. The van der Waals surface area contributed by atoms with E-state index in [0.29, 0.717) is 35.4 Å². The van der Waals surface area contributed by atoms with Gasteiger partial charge in [-0.2, -0.15) is 23.5 Å². The highest BCUT2D eigenvalue weighted by molar-refractivity contribution is 7.99. The Bertz CT molecular complexity index is 661. The number of nitrogens with zero attached hydrogens (tertiary/aromatic N) is 3. The van der Waals surface area contributed by atoms with Crippen LogP contribution in [0.15, 0.2) is 14.4 Å². The average molecular weight is 408 g/mol. The summed E-state index contributed by atoms with van der Waals surface area (Å²) in [5, 5.41) is 17.7. The Morgan fingerprint density at radius 3 is 1.46 bits per heavy atom. The van der Waals surface area contributed by atoms with Crippen LogP contribution < -0.4 is 17.1 Å². The van der Waals surface area contributed by atoms with Crippen molar-refractivity contribution in [2.45, 2.75) is 39.9 Å². The van der Waals surface area contributed by atoms with Crippen molar-refractivity contribution in [3.8, 4) is 0 Å². The van der Waals surface area contributed by atoms with E-state index in [9.17, 15) is 14.4 Å². The molecule has 0 radical (unpaired) electrons. The summed E-state index contributed by atoms with van der Waals surface area (Å²) in [5.74, 6) is 2.42. The van der Waals surface area contributed by atoms with Crippen molar-refractivity contribution in [1.29, 1.82) is 0 Å². The van der Waals surface area contributed by atoms with E-state index in [-0.39, 0.29) is 32.8 Å². The molecule has 2 N–H and O–H groups in total. The molecule has 0 fully saturated rings. The summed E-state index contributed by atoms with van der Waals surface area (Å²) >= 11 is 2.89. The molecule has 150 valence electrons. The number of hydrogen-bond donors (Lipinski definition) is 2. The van der Waals surface area contributed by atoms with Gasteiger partial charge in [0.15, 0.2) is 0 Å². The van der Waals surface area contributed by atoms with Crippen LogP contribution in [0.2, 0.25) is 0 Å². The van der Waals surface area contributed by atoms with E-state index in [0.717, 1.165) is 13.7 Å². The fourth-order valence-electron chi connectivity index (χ4n) is 2.29. The lowest BCUT2D eigenvalue weighted by molar-refractivity contribution is 0.322. The second-order valence-corrected chi connectivity index (χ2v) is 8.61. The van der Waals surface area contributed by atoms with Crippen molar-refractivity contribution in [3.05, 3.63) is 31.5 Å². The zero-order chi connectivity index (χ0) is 19.5. The Hall–Kier alpha value is -0.970. The maximum Gasteiger partial charge on any atom is 0.336 e. The first kappa shape index (κ1) is 23.1. The molecule has 26 heavy (non-hydrogen) atoms. The van der Waals surface area contributed by atoms with Crippen LogP contribution in [0, 0.1) is 5.92 Å². The zero-order valence-electron chi connectivity index (χ0n) is 15.4. The first-order valence-corrected chi connectivity index (χ1v) is 11.1. The van der Waals surface area contributed by atoms with Crippen molar-refractivity contribution in [2.75, 3.05) is 36.2 Å². The molecule has 0 spiro atoms. The summed E-state index contributed by atoms with van der Waals surface area (Å²) in [5.41, 5.74) is -1.72. The van der Waals surface area contributed by atoms with Gasteiger partial charge < -0.3 is 10.2 Å². The van der Waals surface area contributed by atoms with Gasteiger partial charge in [0.05, 0.1) is 13.2 Å². The van der Waals surface area contributed by atoms with Gasteiger partial charge in [-0.25, -0.2) is 28.1 Å². The molecular formula is C16H29N3O5S2. The van der Waals surface area contributed by atoms with Crippen LogP contribution in [0.25, 0.3) is 0 Å². The topological polar surface area (TPSA) is 106 Å². The third-order valence-corrected chi connectivity index (χ3v) is 5.59. The van der Waals surface area contributed by atoms with Crippen LogP contribution in [-0.4, -0.2) is 60.1 Å². The molecule has 0 atom stereocenters. The molecule has 0 aliphatic heterocycles. The van der Waals surface area contributed by atoms with Crippen molar-refractivity contribution in [3.63, 3.8) is 0 Å². The van der Waals surface area contributed by atoms with Gasteiger partial charge in [0, 0.05) is 42.6 Å². The maximum absolute atomic E-state index is 12.6. The molecule has 0 unspecified atom stereocenters. The second kappa shape index (κ2) is 12.4. The molecule has 8 nitrogen and oxygen atoms in total. The quantitative estimate of drug-likeness (QED) is 0.431. The SMILES string of the molecule is CC(C)CCn1c(=O)n(CCSCCO)c(=O)n(CCSCCO)c1=O. The third-order valence-electron chi connectivity index (χ3n) is 3.71. The van der Waals surface area contributed by atoms with E-state index < -0.39 is 17.1 Å². The smallest absolute Gasteiger partial charge is 0.336 e. The molecule has 0 amide bonds. The predicted molar refractivity (Wildman–Crippen MR) is 107 cm³/mol. The van der Waals surface area contributed by atoms with E-state index in [1.165, 1.54) is 23.5 Å². The summed E-state index contributed by atoms with van der Waals surface area (Å²) in [6.07, 6.45) is 0.672. The Morgan fingerprint density at radius 2 is 1.12 bits per heavy atom. The molecule has 1 aromatic rings. The molecule has 1 aromatic heterocycles. The van der Waals surface area contributed by atoms with Gasteiger partial charge in [0.2, 0.25) is 0 Å². The number of thioether (sulfide) groups is 2. The molecule has 0 bridgehead atoms. The van der Waals surface area contributed by atoms with Gasteiger partial charge in [0.25, 0.3) is 0 Å². The van der Waals surface area contributed by atoms with Crippen LogP contribution in [0.4, 0.5) is 0 Å². The summed E-state index contributed by atoms with van der Waals surface area (Å²) in [4.78, 5) is 37.9. The van der Waals surface area contributed by atoms with Gasteiger partial charge in [-0.15, -0.1) is 0 Å². The van der Waals surface area contributed by atoms with E-state index in [1.54, 1.807) is 0 Å². The Balaban J connectivity index is 3.16. The number of hydrogen-bond acceptors (Lipinski definition) is 7. The van der Waals surface area contributed by atoms with Crippen LogP contribution >= 0.6 is 23.5 Å². The van der Waals surface area contributed by atoms with E-state index in [4.69, 9.17) is 10.2 Å². The Kier molecular flexibility index (Phi) is 11.0. The van der Waals surface area contributed by atoms with E-state index in [2.05, 4.69) is 0 Å². The standard InChI is InChI=1S/C16H29N3O5S2/c1-13(2)3-4-17-14(22)18(5-9-25-11-7-20)16(24)19(15(17)23)6-10-26-12-8-21/h13,20-21H,3-12H2,1-2H3. The van der Waals surface area contributed by atoms with Crippen molar-refractivity contribution in [2.24, 2.45) is 5.92 Å². The average Bonchev–Trinajstić information content (AvgIpc) is 2.60. The lowest BCUT2D eigenvalue weighted by Gasteiger charge is -2.14. The maximum atomic E-state index is 12.6. The van der Waals surface area contributed by atoms with Crippen LogP contribution in [0.1, 0.15) is 20.3 Å². The normalized spacial score (nSPS) is 11.4.